The lowest BCUT2D eigenvalue weighted by Gasteiger charge is -2.38. The Balaban J connectivity index is 0.000000573. The van der Waals surface area contributed by atoms with Crippen molar-refractivity contribution in [1.82, 2.24) is 24.2 Å². The molecule has 6 heteroatoms. The fraction of sp³-hybridized carbons (Fsp3) is 0.857. The van der Waals surface area contributed by atoms with Gasteiger partial charge in [-0.1, -0.05) is 26.0 Å². The molecule has 6 nitrogen and oxygen atoms in total. The number of nitrogens with zero attached hydrogens (tertiary/aromatic N) is 5. The topological polar surface area (TPSA) is 27.1 Å². The van der Waals surface area contributed by atoms with Crippen molar-refractivity contribution in [3.8, 4) is 0 Å². The normalized spacial score (nSPS) is 20.1. The summed E-state index contributed by atoms with van der Waals surface area (Å²) >= 11 is 0. The van der Waals surface area contributed by atoms with Crippen molar-refractivity contribution in [2.24, 2.45) is 0 Å². The number of aromatic nitrogens is 1. The Kier molecular flexibility index (Phi) is 20.7. The van der Waals surface area contributed by atoms with Crippen LogP contribution in [0.25, 0.3) is 0 Å². The number of morpholine rings is 1. The molecule has 284 valence electrons. The molecule has 4 aliphatic heterocycles. The average molecular weight is 676 g/mol. The summed E-state index contributed by atoms with van der Waals surface area (Å²) in [6, 6.07) is 4.09. The van der Waals surface area contributed by atoms with E-state index < -0.39 is 0 Å². The smallest absolute Gasteiger partial charge is 0.0594 e. The average Bonchev–Trinajstić information content (AvgIpc) is 3.77. The van der Waals surface area contributed by atoms with Gasteiger partial charge in [0, 0.05) is 66.3 Å². The van der Waals surface area contributed by atoms with Crippen molar-refractivity contribution in [2.45, 2.75) is 171 Å². The Bertz CT molecular complexity index is 885. The Morgan fingerprint density at radius 2 is 0.708 bits per heavy atom. The molecule has 5 heterocycles. The molecule has 4 aliphatic rings. The van der Waals surface area contributed by atoms with Gasteiger partial charge >= 0.3 is 0 Å². The molecule has 0 N–H and O–H groups in total. The van der Waals surface area contributed by atoms with Crippen LogP contribution in [0.3, 0.4) is 0 Å². The van der Waals surface area contributed by atoms with Crippen LogP contribution in [0.2, 0.25) is 0 Å². The molecule has 3 fully saturated rings. The lowest BCUT2D eigenvalue weighted by molar-refractivity contribution is -0.00389. The van der Waals surface area contributed by atoms with Crippen LogP contribution < -0.4 is 0 Å². The first-order valence-corrected chi connectivity index (χ1v) is 18.9. The van der Waals surface area contributed by atoms with Crippen LogP contribution in [-0.4, -0.2) is 112 Å². The van der Waals surface area contributed by atoms with Crippen molar-refractivity contribution in [1.29, 1.82) is 0 Å². The van der Waals surface area contributed by atoms with E-state index in [0.717, 1.165) is 39.4 Å². The number of hydrogen-bond donors (Lipinski definition) is 0. The summed E-state index contributed by atoms with van der Waals surface area (Å²) in [5.41, 5.74) is 1.73. The highest BCUT2D eigenvalue weighted by Gasteiger charge is 2.24. The zero-order valence-corrected chi connectivity index (χ0v) is 34.2. The van der Waals surface area contributed by atoms with Crippen molar-refractivity contribution in [3.63, 3.8) is 0 Å². The van der Waals surface area contributed by atoms with Gasteiger partial charge < -0.3 is 9.30 Å². The molecule has 0 atom stereocenters. The molecule has 0 unspecified atom stereocenters. The molecule has 0 bridgehead atoms. The zero-order valence-electron chi connectivity index (χ0n) is 34.2. The minimum Gasteiger partial charge on any atom is -0.379 e. The van der Waals surface area contributed by atoms with E-state index in [-0.39, 0.29) is 13.0 Å². The standard InChI is InChI=1S/C9H19N.C8H17NO.C8H17N.C8H15N.C8H13N.CH4/c1-9(2,3)10-7-5-4-6-8-10;1-8(2,3)9-4-6-10-7-5-9;3*1-8(2,3)9-6-4-5-7-9;/h4-8H2,1-3H3;4-7H2,1-3H3;4-7H2,1-3H3;4-5H,6-7H2,1-3H3;4-7H,1-3H3;1H4. The van der Waals surface area contributed by atoms with Gasteiger partial charge in [-0.15, -0.1) is 0 Å². The number of piperidine rings is 1. The second-order valence-corrected chi connectivity index (χ2v) is 18.7. The van der Waals surface area contributed by atoms with E-state index in [1.807, 2.05) is 12.1 Å². The van der Waals surface area contributed by atoms with E-state index in [1.165, 1.54) is 58.3 Å². The second kappa shape index (κ2) is 21.2. The fourth-order valence-corrected chi connectivity index (χ4v) is 5.99. The molecule has 0 aliphatic carbocycles. The lowest BCUT2D eigenvalue weighted by atomic mass is 10.0. The third-order valence-electron chi connectivity index (χ3n) is 9.47. The fourth-order valence-electron chi connectivity index (χ4n) is 5.99. The Morgan fingerprint density at radius 1 is 0.396 bits per heavy atom. The number of likely N-dealkylation sites (tertiary alicyclic amines) is 2. The summed E-state index contributed by atoms with van der Waals surface area (Å²) in [6.07, 6.45) is 15.7. The summed E-state index contributed by atoms with van der Waals surface area (Å²) in [5.74, 6) is 0. The minimum atomic E-state index is 0. The second-order valence-electron chi connectivity index (χ2n) is 18.7. The van der Waals surface area contributed by atoms with E-state index in [2.05, 4.69) is 153 Å². The van der Waals surface area contributed by atoms with Gasteiger partial charge in [0.25, 0.3) is 0 Å². The maximum atomic E-state index is 5.25. The van der Waals surface area contributed by atoms with Crippen molar-refractivity contribution >= 4 is 0 Å². The largest absolute Gasteiger partial charge is 0.379 e. The van der Waals surface area contributed by atoms with E-state index in [9.17, 15) is 0 Å². The van der Waals surface area contributed by atoms with E-state index >= 15 is 0 Å². The van der Waals surface area contributed by atoms with Crippen LogP contribution in [0.15, 0.2) is 36.7 Å². The molecule has 48 heavy (non-hydrogen) atoms. The minimum absolute atomic E-state index is 0. The maximum absolute atomic E-state index is 5.25. The van der Waals surface area contributed by atoms with Crippen molar-refractivity contribution in [2.75, 3.05) is 65.6 Å². The predicted molar refractivity (Wildman–Crippen MR) is 215 cm³/mol. The predicted octanol–water partition coefficient (Wildman–Crippen LogP) is 9.80. The highest BCUT2D eigenvalue weighted by molar-refractivity contribution is 4.99. The Labute approximate surface area is 301 Å². The van der Waals surface area contributed by atoms with E-state index in [0.29, 0.717) is 22.2 Å². The molecule has 0 radical (unpaired) electrons. The molecule has 0 saturated carbocycles. The number of rotatable bonds is 0. The van der Waals surface area contributed by atoms with E-state index in [4.69, 9.17) is 4.74 Å². The van der Waals surface area contributed by atoms with Crippen LogP contribution >= 0.6 is 0 Å². The third-order valence-corrected chi connectivity index (χ3v) is 9.47. The van der Waals surface area contributed by atoms with Gasteiger partial charge in [0.1, 0.15) is 0 Å². The van der Waals surface area contributed by atoms with Gasteiger partial charge in [-0.25, -0.2) is 0 Å². The summed E-state index contributed by atoms with van der Waals surface area (Å²) < 4.78 is 7.44. The summed E-state index contributed by atoms with van der Waals surface area (Å²) in [5, 5.41) is 0. The molecule has 0 amide bonds. The molecule has 1 aromatic rings. The van der Waals surface area contributed by atoms with Gasteiger partial charge in [-0.3, -0.25) is 19.6 Å². The molecular formula is C42H85N5O. The van der Waals surface area contributed by atoms with Crippen LogP contribution in [0.1, 0.15) is 143 Å². The first-order valence-electron chi connectivity index (χ1n) is 18.9. The van der Waals surface area contributed by atoms with Gasteiger partial charge in [0.2, 0.25) is 0 Å². The molecule has 0 aromatic carbocycles. The third kappa shape index (κ3) is 19.9. The quantitative estimate of drug-likeness (QED) is 0.255. The lowest BCUT2D eigenvalue weighted by Crippen LogP contribution is -2.47. The molecule has 1 aromatic heterocycles. The number of hydrogen-bond acceptors (Lipinski definition) is 5. The summed E-state index contributed by atoms with van der Waals surface area (Å²) in [4.78, 5) is 10.0. The van der Waals surface area contributed by atoms with Crippen LogP contribution in [-0.2, 0) is 10.3 Å². The van der Waals surface area contributed by atoms with Gasteiger partial charge in [-0.2, -0.15) is 0 Å². The first kappa shape index (κ1) is 46.8. The maximum Gasteiger partial charge on any atom is 0.0594 e. The summed E-state index contributed by atoms with van der Waals surface area (Å²) in [6.45, 7) is 45.3. The molecule has 5 rings (SSSR count). The highest BCUT2D eigenvalue weighted by Crippen LogP contribution is 2.20. The van der Waals surface area contributed by atoms with E-state index in [1.54, 1.807) is 0 Å². The number of ether oxygens (including phenoxy) is 1. The molecular weight excluding hydrogens is 590 g/mol. The highest BCUT2D eigenvalue weighted by atomic mass is 16.5. The van der Waals surface area contributed by atoms with Gasteiger partial charge in [0.15, 0.2) is 0 Å². The van der Waals surface area contributed by atoms with Crippen LogP contribution in [0.5, 0.6) is 0 Å². The van der Waals surface area contributed by atoms with Gasteiger partial charge in [0.05, 0.1) is 13.2 Å². The Hall–Kier alpha value is -1.18. The van der Waals surface area contributed by atoms with Crippen LogP contribution in [0, 0.1) is 0 Å². The molecule has 3 saturated heterocycles. The Morgan fingerprint density at radius 3 is 0.938 bits per heavy atom. The van der Waals surface area contributed by atoms with Crippen molar-refractivity contribution in [3.05, 3.63) is 36.7 Å². The summed E-state index contributed by atoms with van der Waals surface area (Å²) in [7, 11) is 0. The molecule has 0 spiro atoms. The van der Waals surface area contributed by atoms with Crippen molar-refractivity contribution < 1.29 is 4.74 Å². The van der Waals surface area contributed by atoms with Gasteiger partial charge in [-0.05, 0) is 168 Å². The SMILES string of the molecule is C.CC(C)(C)N1CC=CC1.CC(C)(C)N1CCCC1.CC(C)(C)N1CCCCC1.CC(C)(C)N1CCOCC1.CC(C)(C)n1cccc1. The van der Waals surface area contributed by atoms with Crippen LogP contribution in [0.4, 0.5) is 0 Å². The zero-order chi connectivity index (χ0) is 35.9. The first-order chi connectivity index (χ1) is 21.5. The monoisotopic (exact) mass is 676 g/mol.